The molecule has 0 aromatic heterocycles. The van der Waals surface area contributed by atoms with Gasteiger partial charge in [-0.25, -0.2) is 0 Å². The molecular formula is C14H22N2. The van der Waals surface area contributed by atoms with Crippen molar-refractivity contribution < 1.29 is 0 Å². The summed E-state index contributed by atoms with van der Waals surface area (Å²) in [7, 11) is 0. The summed E-state index contributed by atoms with van der Waals surface area (Å²) in [5.41, 5.74) is 8.74. The van der Waals surface area contributed by atoms with Gasteiger partial charge in [-0.3, -0.25) is 0 Å². The van der Waals surface area contributed by atoms with E-state index in [1.54, 1.807) is 0 Å². The van der Waals surface area contributed by atoms with E-state index in [1.165, 1.54) is 0 Å². The summed E-state index contributed by atoms with van der Waals surface area (Å²) in [5, 5.41) is 0. The molecule has 0 radical (unpaired) electrons. The smallest absolute Gasteiger partial charge is 0.0366 e. The van der Waals surface area contributed by atoms with Crippen LogP contribution < -0.4 is 5.73 Å². The van der Waals surface area contributed by atoms with Crippen molar-refractivity contribution in [2.24, 2.45) is 0 Å². The Morgan fingerprint density at radius 2 is 1.62 bits per heavy atom. The predicted molar refractivity (Wildman–Crippen MR) is 72.0 cm³/mol. The second-order valence-corrected chi connectivity index (χ2v) is 4.06. The highest BCUT2D eigenvalue weighted by molar-refractivity contribution is 5.63. The average molecular weight is 218 g/mol. The largest absolute Gasteiger partial charge is 0.399 e. The first-order valence-corrected chi connectivity index (χ1v) is 5.98. The maximum atomic E-state index is 5.68. The molecule has 0 aliphatic heterocycles. The van der Waals surface area contributed by atoms with Crippen LogP contribution in [-0.2, 0) is 0 Å². The van der Waals surface area contributed by atoms with Crippen LogP contribution in [0.3, 0.4) is 0 Å². The lowest BCUT2D eigenvalue weighted by atomic mass is 10.1. The van der Waals surface area contributed by atoms with Crippen LogP contribution in [0.4, 0.5) is 5.69 Å². The van der Waals surface area contributed by atoms with Crippen molar-refractivity contribution >= 4 is 11.4 Å². The van der Waals surface area contributed by atoms with Gasteiger partial charge < -0.3 is 10.6 Å². The normalized spacial score (nSPS) is 10.1. The highest BCUT2D eigenvalue weighted by Crippen LogP contribution is 2.19. The molecule has 0 aliphatic carbocycles. The van der Waals surface area contributed by atoms with Gasteiger partial charge in [0, 0.05) is 24.5 Å². The molecule has 0 heterocycles. The number of anilines is 1. The molecular weight excluding hydrogens is 196 g/mol. The zero-order valence-electron chi connectivity index (χ0n) is 10.4. The molecule has 0 fully saturated rings. The minimum atomic E-state index is 0.800. The van der Waals surface area contributed by atoms with E-state index in [-0.39, 0.29) is 0 Å². The fraction of sp³-hybridized carbons (Fsp3) is 0.429. The summed E-state index contributed by atoms with van der Waals surface area (Å²) < 4.78 is 0. The molecule has 2 nitrogen and oxygen atoms in total. The summed E-state index contributed by atoms with van der Waals surface area (Å²) in [6, 6.07) is 7.93. The summed E-state index contributed by atoms with van der Waals surface area (Å²) in [6.45, 7) is 10.7. The van der Waals surface area contributed by atoms with Crippen LogP contribution in [0.5, 0.6) is 0 Å². The first kappa shape index (κ1) is 12.6. The molecule has 0 bridgehead atoms. The topological polar surface area (TPSA) is 29.3 Å². The van der Waals surface area contributed by atoms with Crippen LogP contribution in [0, 0.1) is 0 Å². The molecule has 1 aromatic carbocycles. The number of benzene rings is 1. The summed E-state index contributed by atoms with van der Waals surface area (Å²) in [4.78, 5) is 2.34. The van der Waals surface area contributed by atoms with Gasteiger partial charge in [0.1, 0.15) is 0 Å². The molecule has 1 aromatic rings. The van der Waals surface area contributed by atoms with Crippen LogP contribution in [0.25, 0.3) is 5.70 Å². The van der Waals surface area contributed by atoms with Gasteiger partial charge in [0.15, 0.2) is 0 Å². The van der Waals surface area contributed by atoms with Crippen LogP contribution in [-0.4, -0.2) is 18.0 Å². The molecule has 0 amide bonds. The van der Waals surface area contributed by atoms with E-state index in [4.69, 9.17) is 5.73 Å². The maximum Gasteiger partial charge on any atom is 0.0366 e. The van der Waals surface area contributed by atoms with Gasteiger partial charge >= 0.3 is 0 Å². The van der Waals surface area contributed by atoms with Crippen molar-refractivity contribution in [2.75, 3.05) is 18.8 Å². The third-order valence-corrected chi connectivity index (χ3v) is 2.61. The molecule has 1 rings (SSSR count). The van der Waals surface area contributed by atoms with Gasteiger partial charge in [-0.2, -0.15) is 0 Å². The zero-order valence-corrected chi connectivity index (χ0v) is 10.4. The minimum Gasteiger partial charge on any atom is -0.399 e. The Hall–Kier alpha value is -1.44. The van der Waals surface area contributed by atoms with Crippen LogP contribution in [0.2, 0.25) is 0 Å². The molecule has 0 saturated heterocycles. The Bertz CT molecular complexity index is 321. The fourth-order valence-corrected chi connectivity index (χ4v) is 1.78. The van der Waals surface area contributed by atoms with Crippen molar-refractivity contribution in [3.8, 4) is 0 Å². The Morgan fingerprint density at radius 3 is 2.06 bits per heavy atom. The number of nitrogen functional groups attached to an aromatic ring is 1. The quantitative estimate of drug-likeness (QED) is 0.742. The third kappa shape index (κ3) is 3.30. The van der Waals surface area contributed by atoms with Crippen molar-refractivity contribution in [1.29, 1.82) is 0 Å². The lowest BCUT2D eigenvalue weighted by Gasteiger charge is -2.26. The van der Waals surface area contributed by atoms with Crippen LogP contribution in [0.1, 0.15) is 32.3 Å². The van der Waals surface area contributed by atoms with E-state index in [0.717, 1.165) is 42.9 Å². The summed E-state index contributed by atoms with van der Waals surface area (Å²) in [5.74, 6) is 0. The predicted octanol–water partition coefficient (Wildman–Crippen LogP) is 3.36. The van der Waals surface area contributed by atoms with E-state index < -0.39 is 0 Å². The van der Waals surface area contributed by atoms with Crippen LogP contribution in [0.15, 0.2) is 30.8 Å². The molecule has 0 spiro atoms. The second-order valence-electron chi connectivity index (χ2n) is 4.06. The van der Waals surface area contributed by atoms with Gasteiger partial charge in [0.25, 0.3) is 0 Å². The standard InChI is InChI=1S/C14H22N2/c1-4-10-16(11-5-2)12(3)13-6-8-14(15)9-7-13/h6-9H,3-5,10-11,15H2,1-2H3. The van der Waals surface area contributed by atoms with Gasteiger partial charge in [-0.1, -0.05) is 32.6 Å². The van der Waals surface area contributed by atoms with E-state index in [9.17, 15) is 0 Å². The van der Waals surface area contributed by atoms with Crippen LogP contribution >= 0.6 is 0 Å². The molecule has 2 N–H and O–H groups in total. The third-order valence-electron chi connectivity index (χ3n) is 2.61. The van der Waals surface area contributed by atoms with E-state index in [1.807, 2.05) is 24.3 Å². The zero-order chi connectivity index (χ0) is 12.0. The summed E-state index contributed by atoms with van der Waals surface area (Å²) >= 11 is 0. The van der Waals surface area contributed by atoms with E-state index in [2.05, 4.69) is 25.3 Å². The second kappa shape index (κ2) is 6.21. The molecule has 0 aliphatic rings. The highest BCUT2D eigenvalue weighted by atomic mass is 15.1. The first-order valence-electron chi connectivity index (χ1n) is 5.98. The monoisotopic (exact) mass is 218 g/mol. The lowest BCUT2D eigenvalue weighted by molar-refractivity contribution is 0.397. The summed E-state index contributed by atoms with van der Waals surface area (Å²) in [6.07, 6.45) is 2.29. The van der Waals surface area contributed by atoms with E-state index >= 15 is 0 Å². The Morgan fingerprint density at radius 1 is 1.12 bits per heavy atom. The molecule has 0 unspecified atom stereocenters. The first-order chi connectivity index (χ1) is 7.69. The van der Waals surface area contributed by atoms with Gasteiger partial charge in [-0.15, -0.1) is 0 Å². The van der Waals surface area contributed by atoms with Crippen molar-refractivity contribution in [3.63, 3.8) is 0 Å². The average Bonchev–Trinajstić information content (AvgIpc) is 2.29. The Labute approximate surface area is 98.8 Å². The number of nitrogens with two attached hydrogens (primary N) is 1. The Kier molecular flexibility index (Phi) is 4.90. The van der Waals surface area contributed by atoms with Gasteiger partial charge in [0.05, 0.1) is 0 Å². The molecule has 2 heteroatoms. The SMILES string of the molecule is C=C(c1ccc(N)cc1)N(CCC)CCC. The Balaban J connectivity index is 2.77. The van der Waals surface area contributed by atoms with Crippen molar-refractivity contribution in [2.45, 2.75) is 26.7 Å². The maximum absolute atomic E-state index is 5.68. The van der Waals surface area contributed by atoms with Gasteiger partial charge in [0.2, 0.25) is 0 Å². The number of nitrogens with zero attached hydrogens (tertiary/aromatic N) is 1. The number of rotatable bonds is 6. The highest BCUT2D eigenvalue weighted by Gasteiger charge is 2.07. The molecule has 0 saturated carbocycles. The molecule has 16 heavy (non-hydrogen) atoms. The molecule has 88 valence electrons. The molecule has 0 atom stereocenters. The number of hydrogen-bond acceptors (Lipinski definition) is 2. The lowest BCUT2D eigenvalue weighted by Crippen LogP contribution is -2.23. The van der Waals surface area contributed by atoms with Crippen molar-refractivity contribution in [1.82, 2.24) is 4.90 Å². The van der Waals surface area contributed by atoms with Gasteiger partial charge in [-0.05, 0) is 30.5 Å². The number of hydrogen-bond donors (Lipinski definition) is 1. The fourth-order valence-electron chi connectivity index (χ4n) is 1.78. The van der Waals surface area contributed by atoms with Crippen molar-refractivity contribution in [3.05, 3.63) is 36.4 Å². The minimum absolute atomic E-state index is 0.800. The van der Waals surface area contributed by atoms with E-state index in [0.29, 0.717) is 0 Å².